The van der Waals surface area contributed by atoms with Gasteiger partial charge in [-0.2, -0.15) is 0 Å². The zero-order valence-electron chi connectivity index (χ0n) is 12.2. The molecule has 0 saturated carbocycles. The average molecular weight is 278 g/mol. The number of nitrogens with one attached hydrogen (secondary N) is 2. The van der Waals surface area contributed by atoms with E-state index >= 15 is 0 Å². The van der Waals surface area contributed by atoms with Crippen molar-refractivity contribution in [2.75, 3.05) is 19.0 Å². The Hall–Kier alpha value is -2.04. The third-order valence-corrected chi connectivity index (χ3v) is 2.74. The number of methoxy groups -OCH3 is 1. The molecule has 5 heteroatoms. The first-order chi connectivity index (χ1) is 9.51. The lowest BCUT2D eigenvalue weighted by Crippen LogP contribution is -2.29. The van der Waals surface area contributed by atoms with Crippen molar-refractivity contribution < 1.29 is 14.3 Å². The summed E-state index contributed by atoms with van der Waals surface area (Å²) < 4.78 is 5.03. The lowest BCUT2D eigenvalue weighted by atomic mass is 10.1. The van der Waals surface area contributed by atoms with Gasteiger partial charge in [-0.05, 0) is 36.6 Å². The topological polar surface area (TPSA) is 67.4 Å². The van der Waals surface area contributed by atoms with Gasteiger partial charge in [0.15, 0.2) is 0 Å². The molecule has 0 aliphatic heterocycles. The maximum atomic E-state index is 11.7. The molecule has 1 rings (SSSR count). The zero-order chi connectivity index (χ0) is 15.0. The predicted molar refractivity (Wildman–Crippen MR) is 78.7 cm³/mol. The minimum atomic E-state index is -0.322. The third kappa shape index (κ3) is 6.22. The van der Waals surface area contributed by atoms with Gasteiger partial charge in [-0.15, -0.1) is 0 Å². The van der Waals surface area contributed by atoms with Gasteiger partial charge in [-0.3, -0.25) is 9.59 Å². The van der Waals surface area contributed by atoms with Crippen LogP contribution < -0.4 is 15.4 Å². The summed E-state index contributed by atoms with van der Waals surface area (Å²) in [6.07, 6.45) is 0.746. The third-order valence-electron chi connectivity index (χ3n) is 2.74. The fraction of sp³-hybridized carbons (Fsp3) is 0.467. The van der Waals surface area contributed by atoms with Crippen molar-refractivity contribution in [2.24, 2.45) is 5.92 Å². The lowest BCUT2D eigenvalue weighted by molar-refractivity contribution is -0.126. The minimum absolute atomic E-state index is 0.163. The Morgan fingerprint density at radius 3 is 2.35 bits per heavy atom. The number of carbonyl (C=O) groups excluding carboxylic acids is 2. The van der Waals surface area contributed by atoms with Gasteiger partial charge in [-0.1, -0.05) is 13.8 Å². The number of hydrogen-bond acceptors (Lipinski definition) is 3. The van der Waals surface area contributed by atoms with Crippen LogP contribution in [0.3, 0.4) is 0 Å². The van der Waals surface area contributed by atoms with E-state index in [1.807, 2.05) is 0 Å². The summed E-state index contributed by atoms with van der Waals surface area (Å²) in [5, 5.41) is 5.40. The van der Waals surface area contributed by atoms with E-state index < -0.39 is 0 Å². The summed E-state index contributed by atoms with van der Waals surface area (Å²) in [4.78, 5) is 23.2. The molecule has 20 heavy (non-hydrogen) atoms. The highest BCUT2D eigenvalue weighted by Crippen LogP contribution is 2.14. The maximum Gasteiger partial charge on any atom is 0.233 e. The summed E-state index contributed by atoms with van der Waals surface area (Å²) in [5.74, 6) is 0.673. The molecule has 0 fully saturated rings. The molecule has 110 valence electrons. The quantitative estimate of drug-likeness (QED) is 0.751. The van der Waals surface area contributed by atoms with E-state index in [0.717, 1.165) is 12.2 Å². The van der Waals surface area contributed by atoms with Crippen LogP contribution in [0.5, 0.6) is 5.75 Å². The molecule has 5 nitrogen and oxygen atoms in total. The molecule has 0 unspecified atom stereocenters. The SMILES string of the molecule is COc1ccc(NC(=O)CC(=O)NCCC(C)C)cc1. The second-order valence-corrected chi connectivity index (χ2v) is 4.99. The van der Waals surface area contributed by atoms with Crippen molar-refractivity contribution in [3.63, 3.8) is 0 Å². The van der Waals surface area contributed by atoms with Crippen LogP contribution in [-0.2, 0) is 9.59 Å². The van der Waals surface area contributed by atoms with Gasteiger partial charge in [-0.25, -0.2) is 0 Å². The Labute approximate surface area is 119 Å². The number of carbonyl (C=O) groups is 2. The maximum absolute atomic E-state index is 11.7. The van der Waals surface area contributed by atoms with E-state index in [2.05, 4.69) is 24.5 Å². The van der Waals surface area contributed by atoms with Crippen LogP contribution in [0, 0.1) is 5.92 Å². The molecule has 1 aromatic carbocycles. The predicted octanol–water partition coefficient (Wildman–Crippen LogP) is 2.19. The summed E-state index contributed by atoms with van der Waals surface area (Å²) in [5.41, 5.74) is 0.644. The van der Waals surface area contributed by atoms with Crippen molar-refractivity contribution in [2.45, 2.75) is 26.7 Å². The van der Waals surface area contributed by atoms with Gasteiger partial charge in [0.2, 0.25) is 11.8 Å². The first-order valence-electron chi connectivity index (χ1n) is 6.72. The van der Waals surface area contributed by atoms with E-state index in [1.54, 1.807) is 31.4 Å². The number of benzene rings is 1. The van der Waals surface area contributed by atoms with Gasteiger partial charge in [0, 0.05) is 12.2 Å². The van der Waals surface area contributed by atoms with Crippen molar-refractivity contribution in [3.05, 3.63) is 24.3 Å². The molecule has 0 radical (unpaired) electrons. The summed E-state index contributed by atoms with van der Waals surface area (Å²) in [6, 6.07) is 6.96. The Kier molecular flexibility index (Phi) is 6.56. The average Bonchev–Trinajstić information content (AvgIpc) is 2.38. The molecule has 2 N–H and O–H groups in total. The highest BCUT2D eigenvalue weighted by Gasteiger charge is 2.09. The highest BCUT2D eigenvalue weighted by molar-refractivity contribution is 6.03. The van der Waals surface area contributed by atoms with E-state index in [9.17, 15) is 9.59 Å². The highest BCUT2D eigenvalue weighted by atomic mass is 16.5. The van der Waals surface area contributed by atoms with Crippen LogP contribution in [-0.4, -0.2) is 25.5 Å². The van der Waals surface area contributed by atoms with Crippen molar-refractivity contribution >= 4 is 17.5 Å². The molecule has 0 aliphatic carbocycles. The number of anilines is 1. The first-order valence-corrected chi connectivity index (χ1v) is 6.72. The minimum Gasteiger partial charge on any atom is -0.497 e. The first kappa shape index (κ1) is 16.0. The number of ether oxygens (including phenoxy) is 1. The van der Waals surface area contributed by atoms with E-state index in [0.29, 0.717) is 18.2 Å². The Balaban J connectivity index is 2.33. The smallest absolute Gasteiger partial charge is 0.233 e. The Morgan fingerprint density at radius 2 is 1.80 bits per heavy atom. The molecule has 0 atom stereocenters. The molecule has 0 heterocycles. The van der Waals surface area contributed by atoms with E-state index in [-0.39, 0.29) is 18.2 Å². The Bertz CT molecular complexity index is 441. The number of rotatable bonds is 7. The van der Waals surface area contributed by atoms with Gasteiger partial charge in [0.05, 0.1) is 7.11 Å². The molecular weight excluding hydrogens is 256 g/mol. The van der Waals surface area contributed by atoms with E-state index in [4.69, 9.17) is 4.74 Å². The number of amides is 2. The molecular formula is C15H22N2O3. The Morgan fingerprint density at radius 1 is 1.15 bits per heavy atom. The molecule has 0 aromatic heterocycles. The van der Waals surface area contributed by atoms with Crippen molar-refractivity contribution in [1.82, 2.24) is 5.32 Å². The summed E-state index contributed by atoms with van der Waals surface area (Å²) in [6.45, 7) is 4.78. The lowest BCUT2D eigenvalue weighted by Gasteiger charge is -2.08. The second kappa shape index (κ2) is 8.19. The van der Waals surface area contributed by atoms with Gasteiger partial charge in [0.25, 0.3) is 0 Å². The molecule has 2 amide bonds. The molecule has 0 aliphatic rings. The van der Waals surface area contributed by atoms with Crippen LogP contribution >= 0.6 is 0 Å². The van der Waals surface area contributed by atoms with Crippen LogP contribution in [0.1, 0.15) is 26.7 Å². The second-order valence-electron chi connectivity index (χ2n) is 4.99. The normalized spacial score (nSPS) is 10.2. The largest absolute Gasteiger partial charge is 0.497 e. The molecule has 0 spiro atoms. The van der Waals surface area contributed by atoms with Gasteiger partial charge >= 0.3 is 0 Å². The number of hydrogen-bond donors (Lipinski definition) is 2. The van der Waals surface area contributed by atoms with Crippen molar-refractivity contribution in [1.29, 1.82) is 0 Å². The molecule has 0 saturated heterocycles. The van der Waals surface area contributed by atoms with Crippen LogP contribution in [0.25, 0.3) is 0 Å². The van der Waals surface area contributed by atoms with Crippen LogP contribution in [0.15, 0.2) is 24.3 Å². The zero-order valence-corrected chi connectivity index (χ0v) is 12.2. The van der Waals surface area contributed by atoms with Crippen LogP contribution in [0.2, 0.25) is 0 Å². The molecule has 0 bridgehead atoms. The summed E-state index contributed by atoms with van der Waals surface area (Å²) >= 11 is 0. The van der Waals surface area contributed by atoms with Crippen molar-refractivity contribution in [3.8, 4) is 5.75 Å². The van der Waals surface area contributed by atoms with Crippen LogP contribution in [0.4, 0.5) is 5.69 Å². The molecule has 1 aromatic rings. The van der Waals surface area contributed by atoms with Gasteiger partial charge < -0.3 is 15.4 Å². The fourth-order valence-corrected chi connectivity index (χ4v) is 1.59. The van der Waals surface area contributed by atoms with E-state index in [1.165, 1.54) is 0 Å². The monoisotopic (exact) mass is 278 g/mol. The fourth-order valence-electron chi connectivity index (χ4n) is 1.59. The standard InChI is InChI=1S/C15H22N2O3/c1-11(2)8-9-16-14(18)10-15(19)17-12-4-6-13(20-3)7-5-12/h4-7,11H,8-10H2,1-3H3,(H,16,18)(H,17,19). The summed E-state index contributed by atoms with van der Waals surface area (Å²) in [7, 11) is 1.58. The van der Waals surface area contributed by atoms with Gasteiger partial charge in [0.1, 0.15) is 12.2 Å².